The minimum absolute atomic E-state index is 0.0922. The van der Waals surface area contributed by atoms with Gasteiger partial charge in [0.2, 0.25) is 0 Å². The molecule has 4 atom stereocenters. The first-order valence-electron chi connectivity index (χ1n) is 10.2. The zero-order valence-electron chi connectivity index (χ0n) is 17.2. The minimum Gasteiger partial charge on any atom is -0.491 e. The molecule has 2 rings (SSSR count). The van der Waals surface area contributed by atoms with E-state index >= 15 is 0 Å². The molecule has 1 aromatic carbocycles. The first-order chi connectivity index (χ1) is 14.4. The second-order valence-electron chi connectivity index (χ2n) is 7.63. The summed E-state index contributed by atoms with van der Waals surface area (Å²) < 4.78 is 5.60. The molecule has 0 amide bonds. The number of unbranched alkanes of at least 4 members (excludes halogenated alkanes) is 1. The Morgan fingerprint density at radius 2 is 2.17 bits per heavy atom. The van der Waals surface area contributed by atoms with Crippen molar-refractivity contribution in [2.45, 2.75) is 51.2 Å². The van der Waals surface area contributed by atoms with Crippen LogP contribution in [0.2, 0.25) is 0 Å². The third kappa shape index (κ3) is 7.65. The molecule has 1 fully saturated rings. The number of carboxylic acids is 1. The molecule has 0 heterocycles. The van der Waals surface area contributed by atoms with Gasteiger partial charge < -0.3 is 25.3 Å². The van der Waals surface area contributed by atoms with Gasteiger partial charge >= 0.3 is 5.97 Å². The summed E-state index contributed by atoms with van der Waals surface area (Å²) in [5.74, 6) is -0.592. The number of aliphatic hydroxyl groups excluding tert-OH is 2. The normalized spacial score (nSPS) is 24.1. The molecule has 0 aromatic heterocycles. The fraction of sp³-hybridized carbons (Fsp3) is 0.478. The van der Waals surface area contributed by atoms with Gasteiger partial charge in [0.1, 0.15) is 18.5 Å². The Bertz CT molecular complexity index is 773. The van der Waals surface area contributed by atoms with Crippen LogP contribution in [0.3, 0.4) is 0 Å². The van der Waals surface area contributed by atoms with Gasteiger partial charge in [0.05, 0.1) is 11.8 Å². The lowest BCUT2D eigenvalue weighted by molar-refractivity contribution is -0.137. The Hall–Kier alpha value is -2.64. The molecule has 4 N–H and O–H groups in total. The van der Waals surface area contributed by atoms with Crippen molar-refractivity contribution in [3.63, 3.8) is 0 Å². The summed E-state index contributed by atoms with van der Waals surface area (Å²) >= 11 is 0. The third-order valence-electron chi connectivity index (χ3n) is 5.17. The molecular formula is C23H31NO6. The van der Waals surface area contributed by atoms with Crippen molar-refractivity contribution in [1.82, 2.24) is 0 Å². The Morgan fingerprint density at radius 3 is 2.87 bits per heavy atom. The molecule has 0 saturated heterocycles. The molecule has 1 aliphatic rings. The second kappa shape index (κ2) is 12.1. The van der Waals surface area contributed by atoms with E-state index in [0.717, 1.165) is 5.56 Å². The van der Waals surface area contributed by atoms with Crippen molar-refractivity contribution in [1.29, 1.82) is 0 Å². The first kappa shape index (κ1) is 23.6. The Balaban J connectivity index is 1.90. The molecule has 1 saturated carbocycles. The highest BCUT2D eigenvalue weighted by Gasteiger charge is 2.38. The van der Waals surface area contributed by atoms with E-state index in [1.54, 1.807) is 12.2 Å². The quantitative estimate of drug-likeness (QED) is 0.190. The van der Waals surface area contributed by atoms with Gasteiger partial charge in [-0.3, -0.25) is 4.79 Å². The number of aliphatic hydroxyl groups is 2. The van der Waals surface area contributed by atoms with E-state index < -0.39 is 18.2 Å². The lowest BCUT2D eigenvalue weighted by Gasteiger charge is -2.18. The largest absolute Gasteiger partial charge is 0.491 e. The standard InChI is InChI=1S/C23H31NO6/c1-16-7-6-8-18(13-16)30-15-17(25)11-12-19-20(22(26)14-21(19)24-29)9-4-2-3-5-10-23(27)28/h2,4,6-8,11-13,17,19-20,22,25-26,29H,3,5,9-10,14-15H2,1H3,(H,27,28)/b4-2+,12-11+,24-21-. The summed E-state index contributed by atoms with van der Waals surface area (Å²) in [6.07, 6.45) is 7.92. The van der Waals surface area contributed by atoms with Crippen molar-refractivity contribution < 1.29 is 30.1 Å². The summed E-state index contributed by atoms with van der Waals surface area (Å²) in [7, 11) is 0. The molecular weight excluding hydrogens is 386 g/mol. The number of allylic oxidation sites excluding steroid dienone is 3. The first-order valence-corrected chi connectivity index (χ1v) is 10.2. The number of aliphatic carboxylic acids is 1. The number of carbonyl (C=O) groups is 1. The molecule has 7 nitrogen and oxygen atoms in total. The molecule has 164 valence electrons. The third-order valence-corrected chi connectivity index (χ3v) is 5.17. The van der Waals surface area contributed by atoms with E-state index in [0.29, 0.717) is 30.7 Å². The van der Waals surface area contributed by atoms with Crippen LogP contribution in [0.4, 0.5) is 0 Å². The summed E-state index contributed by atoms with van der Waals surface area (Å²) in [5, 5.41) is 41.9. The van der Waals surface area contributed by atoms with Gasteiger partial charge in [0.15, 0.2) is 0 Å². The fourth-order valence-electron chi connectivity index (χ4n) is 3.59. The van der Waals surface area contributed by atoms with Crippen LogP contribution >= 0.6 is 0 Å². The lowest BCUT2D eigenvalue weighted by Crippen LogP contribution is -2.20. The smallest absolute Gasteiger partial charge is 0.303 e. The molecule has 30 heavy (non-hydrogen) atoms. The highest BCUT2D eigenvalue weighted by molar-refractivity contribution is 5.90. The highest BCUT2D eigenvalue weighted by Crippen LogP contribution is 2.34. The number of aryl methyl sites for hydroxylation is 1. The van der Waals surface area contributed by atoms with Gasteiger partial charge in [0.25, 0.3) is 0 Å². The number of benzene rings is 1. The topological polar surface area (TPSA) is 120 Å². The molecule has 0 radical (unpaired) electrons. The predicted octanol–water partition coefficient (Wildman–Crippen LogP) is 3.32. The molecule has 0 aliphatic heterocycles. The maximum atomic E-state index is 10.5. The van der Waals surface area contributed by atoms with Crippen molar-refractivity contribution in [2.24, 2.45) is 17.0 Å². The summed E-state index contributed by atoms with van der Waals surface area (Å²) in [5.41, 5.74) is 1.55. The van der Waals surface area contributed by atoms with Crippen LogP contribution < -0.4 is 4.74 Å². The van der Waals surface area contributed by atoms with Gasteiger partial charge in [0, 0.05) is 24.7 Å². The molecule has 7 heteroatoms. The van der Waals surface area contributed by atoms with Crippen LogP contribution in [-0.2, 0) is 4.79 Å². The van der Waals surface area contributed by atoms with Crippen LogP contribution in [0.1, 0.15) is 37.7 Å². The highest BCUT2D eigenvalue weighted by atomic mass is 16.5. The summed E-state index contributed by atoms with van der Waals surface area (Å²) in [4.78, 5) is 10.5. The minimum atomic E-state index is -0.838. The second-order valence-corrected chi connectivity index (χ2v) is 7.63. The molecule has 0 bridgehead atoms. The van der Waals surface area contributed by atoms with Crippen LogP contribution in [0.25, 0.3) is 0 Å². The number of ether oxygens (including phenoxy) is 1. The number of hydrogen-bond acceptors (Lipinski definition) is 6. The van der Waals surface area contributed by atoms with Crippen molar-refractivity contribution in [3.8, 4) is 5.75 Å². The van der Waals surface area contributed by atoms with E-state index in [2.05, 4.69) is 5.16 Å². The maximum Gasteiger partial charge on any atom is 0.303 e. The van der Waals surface area contributed by atoms with Crippen molar-refractivity contribution in [3.05, 3.63) is 54.1 Å². The number of hydrogen-bond donors (Lipinski definition) is 4. The van der Waals surface area contributed by atoms with Gasteiger partial charge in [-0.1, -0.05) is 41.6 Å². The number of oxime groups is 1. The van der Waals surface area contributed by atoms with Crippen LogP contribution in [-0.4, -0.2) is 51.0 Å². The monoisotopic (exact) mass is 417 g/mol. The Morgan fingerprint density at radius 1 is 1.37 bits per heavy atom. The predicted molar refractivity (Wildman–Crippen MR) is 114 cm³/mol. The van der Waals surface area contributed by atoms with E-state index in [4.69, 9.17) is 9.84 Å². The summed E-state index contributed by atoms with van der Waals surface area (Å²) in [6, 6.07) is 7.56. The Kier molecular flexibility index (Phi) is 9.57. The zero-order valence-corrected chi connectivity index (χ0v) is 17.2. The van der Waals surface area contributed by atoms with Crippen LogP contribution in [0, 0.1) is 18.8 Å². The van der Waals surface area contributed by atoms with Gasteiger partial charge in [-0.15, -0.1) is 0 Å². The molecule has 0 spiro atoms. The van der Waals surface area contributed by atoms with Crippen molar-refractivity contribution in [2.75, 3.05) is 6.61 Å². The van der Waals surface area contributed by atoms with Crippen molar-refractivity contribution >= 4 is 11.7 Å². The van der Waals surface area contributed by atoms with Gasteiger partial charge in [-0.25, -0.2) is 0 Å². The Labute approximate surface area is 177 Å². The van der Waals surface area contributed by atoms with E-state index in [1.165, 1.54) is 0 Å². The van der Waals surface area contributed by atoms with Crippen LogP contribution in [0.15, 0.2) is 53.7 Å². The van der Waals surface area contributed by atoms with Gasteiger partial charge in [-0.05, 0) is 43.9 Å². The van der Waals surface area contributed by atoms with E-state index in [1.807, 2.05) is 43.3 Å². The lowest BCUT2D eigenvalue weighted by atomic mass is 9.90. The summed E-state index contributed by atoms with van der Waals surface area (Å²) in [6.45, 7) is 2.06. The molecule has 1 aromatic rings. The SMILES string of the molecule is Cc1cccc(OCC(O)/C=C/C2/C(=N\O)CC(O)C2C/C=C/CCCC(=O)O)c1. The van der Waals surface area contributed by atoms with E-state index in [9.17, 15) is 20.2 Å². The van der Waals surface area contributed by atoms with E-state index in [-0.39, 0.29) is 31.3 Å². The van der Waals surface area contributed by atoms with Crippen LogP contribution in [0.5, 0.6) is 5.75 Å². The molecule has 1 aliphatic carbocycles. The number of nitrogens with zero attached hydrogens (tertiary/aromatic N) is 1. The fourth-order valence-corrected chi connectivity index (χ4v) is 3.59. The van der Waals surface area contributed by atoms with Gasteiger partial charge in [-0.2, -0.15) is 0 Å². The maximum absolute atomic E-state index is 10.5. The zero-order chi connectivity index (χ0) is 21.9. The average Bonchev–Trinajstić information content (AvgIpc) is 3.02. The number of rotatable bonds is 11. The molecule has 4 unspecified atom stereocenters. The average molecular weight is 418 g/mol. The number of carboxylic acid groups (broad SMARTS) is 1.